The number of piperazine rings is 1. The predicted molar refractivity (Wildman–Crippen MR) is 81.8 cm³/mol. The lowest BCUT2D eigenvalue weighted by Gasteiger charge is -2.41. The molecule has 1 saturated heterocycles. The van der Waals surface area contributed by atoms with Gasteiger partial charge in [-0.2, -0.15) is 0 Å². The summed E-state index contributed by atoms with van der Waals surface area (Å²) in [6.07, 6.45) is 6.18. The van der Waals surface area contributed by atoms with E-state index in [1.807, 2.05) is 0 Å². The lowest BCUT2D eigenvalue weighted by atomic mass is 9.80. The van der Waals surface area contributed by atoms with Crippen molar-refractivity contribution in [1.82, 2.24) is 10.2 Å². The first-order valence-corrected chi connectivity index (χ1v) is 8.19. The Morgan fingerprint density at radius 2 is 1.86 bits per heavy atom. The smallest absolute Gasteiger partial charge is 0.123 e. The van der Waals surface area contributed by atoms with Crippen LogP contribution in [-0.2, 0) is 0 Å². The van der Waals surface area contributed by atoms with E-state index in [9.17, 15) is 9.50 Å². The Balaban J connectivity index is 1.91. The summed E-state index contributed by atoms with van der Waals surface area (Å²) in [7, 11) is 0. The molecule has 1 aliphatic heterocycles. The summed E-state index contributed by atoms with van der Waals surface area (Å²) >= 11 is 0. The topological polar surface area (TPSA) is 35.5 Å². The third-order valence-electron chi connectivity index (χ3n) is 4.95. The van der Waals surface area contributed by atoms with Crippen LogP contribution >= 0.6 is 0 Å². The predicted octanol–water partition coefficient (Wildman–Crippen LogP) is 3.06. The van der Waals surface area contributed by atoms with E-state index in [1.165, 1.54) is 50.3 Å². The molecule has 1 aromatic rings. The molecule has 0 bridgehead atoms. The fourth-order valence-electron chi connectivity index (χ4n) is 3.92. The van der Waals surface area contributed by atoms with Crippen molar-refractivity contribution in [1.29, 1.82) is 0 Å². The number of rotatable bonds is 3. The summed E-state index contributed by atoms with van der Waals surface area (Å²) in [5.41, 5.74) is 0.781. The van der Waals surface area contributed by atoms with Crippen LogP contribution in [0.5, 0.6) is 5.75 Å². The number of halogens is 1. The highest BCUT2D eigenvalue weighted by atomic mass is 19.1. The SMILES string of the molecule is Oc1ccc(F)cc1[C@@H](C1CCCCC1)N1CCNCC1. The molecular weight excluding hydrogens is 267 g/mol. The van der Waals surface area contributed by atoms with Crippen LogP contribution in [0.25, 0.3) is 0 Å². The maximum atomic E-state index is 13.7. The minimum atomic E-state index is -0.251. The molecule has 116 valence electrons. The first-order chi connectivity index (χ1) is 10.3. The Morgan fingerprint density at radius 1 is 1.14 bits per heavy atom. The highest BCUT2D eigenvalue weighted by Crippen LogP contribution is 2.41. The molecule has 2 fully saturated rings. The zero-order valence-corrected chi connectivity index (χ0v) is 12.5. The highest BCUT2D eigenvalue weighted by Gasteiger charge is 2.32. The van der Waals surface area contributed by atoms with Crippen LogP contribution in [0.2, 0.25) is 0 Å². The Kier molecular flexibility index (Phi) is 4.76. The van der Waals surface area contributed by atoms with E-state index in [0.717, 1.165) is 31.7 Å². The van der Waals surface area contributed by atoms with E-state index in [4.69, 9.17) is 0 Å². The number of phenols is 1. The molecule has 0 radical (unpaired) electrons. The van der Waals surface area contributed by atoms with Crippen molar-refractivity contribution in [3.63, 3.8) is 0 Å². The zero-order chi connectivity index (χ0) is 14.7. The molecule has 4 heteroatoms. The quantitative estimate of drug-likeness (QED) is 0.899. The van der Waals surface area contributed by atoms with Gasteiger partial charge in [0.05, 0.1) is 0 Å². The number of benzene rings is 1. The number of nitrogens with one attached hydrogen (secondary N) is 1. The van der Waals surface area contributed by atoms with Crippen molar-refractivity contribution in [2.75, 3.05) is 26.2 Å². The van der Waals surface area contributed by atoms with Crippen molar-refractivity contribution in [3.05, 3.63) is 29.6 Å². The molecule has 0 unspecified atom stereocenters. The molecule has 1 aromatic carbocycles. The number of nitrogens with zero attached hydrogens (tertiary/aromatic N) is 1. The number of hydrogen-bond donors (Lipinski definition) is 2. The van der Waals surface area contributed by atoms with Gasteiger partial charge in [-0.1, -0.05) is 19.3 Å². The lowest BCUT2D eigenvalue weighted by molar-refractivity contribution is 0.101. The van der Waals surface area contributed by atoms with E-state index < -0.39 is 0 Å². The van der Waals surface area contributed by atoms with Gasteiger partial charge in [-0.3, -0.25) is 4.90 Å². The maximum Gasteiger partial charge on any atom is 0.123 e. The summed E-state index contributed by atoms with van der Waals surface area (Å²) in [6.45, 7) is 3.88. The molecule has 1 saturated carbocycles. The molecule has 1 heterocycles. The molecule has 3 rings (SSSR count). The minimum Gasteiger partial charge on any atom is -0.508 e. The van der Waals surface area contributed by atoms with Crippen LogP contribution in [0.1, 0.15) is 43.7 Å². The van der Waals surface area contributed by atoms with Gasteiger partial charge in [0.25, 0.3) is 0 Å². The van der Waals surface area contributed by atoms with Gasteiger partial charge in [0.2, 0.25) is 0 Å². The number of hydrogen-bond acceptors (Lipinski definition) is 3. The van der Waals surface area contributed by atoms with E-state index in [2.05, 4.69) is 10.2 Å². The Morgan fingerprint density at radius 3 is 2.57 bits per heavy atom. The van der Waals surface area contributed by atoms with Gasteiger partial charge in [0.15, 0.2) is 0 Å². The third kappa shape index (κ3) is 3.38. The van der Waals surface area contributed by atoms with Crippen LogP contribution in [0.15, 0.2) is 18.2 Å². The largest absolute Gasteiger partial charge is 0.508 e. The second kappa shape index (κ2) is 6.75. The maximum absolute atomic E-state index is 13.7. The van der Waals surface area contributed by atoms with Gasteiger partial charge < -0.3 is 10.4 Å². The second-order valence-corrected chi connectivity index (χ2v) is 6.33. The van der Waals surface area contributed by atoms with Crippen molar-refractivity contribution >= 4 is 0 Å². The van der Waals surface area contributed by atoms with Crippen molar-refractivity contribution in [2.24, 2.45) is 5.92 Å². The molecule has 0 aromatic heterocycles. The van der Waals surface area contributed by atoms with Crippen LogP contribution in [0, 0.1) is 11.7 Å². The lowest BCUT2D eigenvalue weighted by Crippen LogP contribution is -2.47. The first kappa shape index (κ1) is 14.8. The third-order valence-corrected chi connectivity index (χ3v) is 4.95. The summed E-state index contributed by atoms with van der Waals surface area (Å²) in [5.74, 6) is 0.522. The van der Waals surface area contributed by atoms with Gasteiger partial charge in [0, 0.05) is 37.8 Å². The monoisotopic (exact) mass is 292 g/mol. The minimum absolute atomic E-state index is 0.156. The molecule has 2 aliphatic rings. The molecular formula is C17H25FN2O. The van der Waals surface area contributed by atoms with Gasteiger partial charge in [-0.15, -0.1) is 0 Å². The van der Waals surface area contributed by atoms with Crippen LogP contribution in [0.4, 0.5) is 4.39 Å². The van der Waals surface area contributed by atoms with E-state index in [0.29, 0.717) is 5.92 Å². The molecule has 1 atom stereocenters. The molecule has 0 spiro atoms. The first-order valence-electron chi connectivity index (χ1n) is 8.19. The highest BCUT2D eigenvalue weighted by molar-refractivity contribution is 5.36. The van der Waals surface area contributed by atoms with Crippen LogP contribution in [0.3, 0.4) is 0 Å². The zero-order valence-electron chi connectivity index (χ0n) is 12.5. The molecule has 21 heavy (non-hydrogen) atoms. The standard InChI is InChI=1S/C17H25FN2O/c18-14-6-7-16(21)15(12-14)17(13-4-2-1-3-5-13)20-10-8-19-9-11-20/h6-7,12-13,17,19,21H,1-5,8-11H2/t17-/m1/s1. The van der Waals surface area contributed by atoms with Gasteiger partial charge >= 0.3 is 0 Å². The normalized spacial score (nSPS) is 23.1. The molecule has 2 N–H and O–H groups in total. The Bertz CT molecular complexity index is 450. The molecule has 0 amide bonds. The summed E-state index contributed by atoms with van der Waals surface area (Å²) in [6, 6.07) is 4.54. The van der Waals surface area contributed by atoms with E-state index in [1.54, 1.807) is 0 Å². The van der Waals surface area contributed by atoms with Gasteiger partial charge in [-0.25, -0.2) is 4.39 Å². The van der Waals surface area contributed by atoms with Crippen molar-refractivity contribution < 1.29 is 9.50 Å². The average Bonchev–Trinajstić information content (AvgIpc) is 2.53. The molecule has 1 aliphatic carbocycles. The van der Waals surface area contributed by atoms with E-state index >= 15 is 0 Å². The van der Waals surface area contributed by atoms with E-state index in [-0.39, 0.29) is 17.6 Å². The van der Waals surface area contributed by atoms with Crippen molar-refractivity contribution in [2.45, 2.75) is 38.1 Å². The summed E-state index contributed by atoms with van der Waals surface area (Å²) in [4.78, 5) is 2.43. The Labute approximate surface area is 126 Å². The summed E-state index contributed by atoms with van der Waals surface area (Å²) in [5, 5.41) is 13.6. The Hall–Kier alpha value is -1.13. The van der Waals surface area contributed by atoms with Gasteiger partial charge in [-0.05, 0) is 37.0 Å². The average molecular weight is 292 g/mol. The number of aromatic hydroxyl groups is 1. The molecule has 3 nitrogen and oxygen atoms in total. The fourth-order valence-corrected chi connectivity index (χ4v) is 3.92. The van der Waals surface area contributed by atoms with Gasteiger partial charge in [0.1, 0.15) is 11.6 Å². The van der Waals surface area contributed by atoms with Crippen LogP contribution in [-0.4, -0.2) is 36.2 Å². The van der Waals surface area contributed by atoms with Crippen molar-refractivity contribution in [3.8, 4) is 5.75 Å². The fraction of sp³-hybridized carbons (Fsp3) is 0.647. The number of phenolic OH excluding ortho intramolecular Hbond substituents is 1. The second-order valence-electron chi connectivity index (χ2n) is 6.33. The summed E-state index contributed by atoms with van der Waals surface area (Å²) < 4.78 is 13.7. The van der Waals surface area contributed by atoms with Crippen LogP contribution < -0.4 is 5.32 Å².